The average Bonchev–Trinajstić information content (AvgIpc) is 3.36. The number of hydrogen-bond acceptors (Lipinski definition) is 6. The monoisotopic (exact) mass is 519 g/mol. The van der Waals surface area contributed by atoms with Crippen molar-refractivity contribution in [3.05, 3.63) is 90.3 Å². The number of pyridine rings is 1. The van der Waals surface area contributed by atoms with Gasteiger partial charge in [-0.15, -0.1) is 10.2 Å². The van der Waals surface area contributed by atoms with Gasteiger partial charge < -0.3 is 5.32 Å². The number of hydrogen-bond donors (Lipinski definition) is 1. The molecule has 9 nitrogen and oxygen atoms in total. The number of aromatic nitrogens is 5. The minimum absolute atomic E-state index is 0.0720. The molecule has 196 valence electrons. The Kier molecular flexibility index (Phi) is 8.47. The molecular formula is C27H27F2N7O2. The molecule has 0 aliphatic rings. The van der Waals surface area contributed by atoms with Gasteiger partial charge >= 0.3 is 0 Å². The number of amides is 2. The molecule has 38 heavy (non-hydrogen) atoms. The highest BCUT2D eigenvalue weighted by molar-refractivity contribution is 6.01. The number of rotatable bonds is 10. The van der Waals surface area contributed by atoms with Crippen molar-refractivity contribution in [2.75, 3.05) is 11.4 Å². The van der Waals surface area contributed by atoms with E-state index < -0.39 is 36.0 Å². The summed E-state index contributed by atoms with van der Waals surface area (Å²) in [5.74, 6) is -1.65. The van der Waals surface area contributed by atoms with Crippen LogP contribution in [0.15, 0.2) is 73.1 Å². The molecule has 2 heterocycles. The molecular weight excluding hydrogens is 492 g/mol. The molecule has 2 aromatic heterocycles. The van der Waals surface area contributed by atoms with E-state index >= 15 is 4.39 Å². The minimum atomic E-state index is -1.19. The van der Waals surface area contributed by atoms with Gasteiger partial charge in [-0.3, -0.25) is 19.5 Å². The first kappa shape index (κ1) is 26.5. The van der Waals surface area contributed by atoms with E-state index in [-0.39, 0.29) is 11.5 Å². The first-order chi connectivity index (χ1) is 18.3. The quantitative estimate of drug-likeness (QED) is 0.340. The lowest BCUT2D eigenvalue weighted by molar-refractivity contribution is -0.127. The first-order valence-corrected chi connectivity index (χ1v) is 12.1. The van der Waals surface area contributed by atoms with E-state index in [2.05, 4.69) is 25.7 Å². The fourth-order valence-electron chi connectivity index (χ4n) is 3.83. The molecule has 0 fully saturated rings. The summed E-state index contributed by atoms with van der Waals surface area (Å²) in [6, 6.07) is 13.3. The van der Waals surface area contributed by atoms with Crippen molar-refractivity contribution in [1.82, 2.24) is 30.5 Å². The molecule has 2 aromatic carbocycles. The fourth-order valence-corrected chi connectivity index (χ4v) is 3.83. The molecule has 0 aliphatic carbocycles. The van der Waals surface area contributed by atoms with Crippen molar-refractivity contribution in [1.29, 1.82) is 0 Å². The highest BCUT2D eigenvalue weighted by Crippen LogP contribution is 2.30. The molecule has 4 rings (SSSR count). The van der Waals surface area contributed by atoms with E-state index in [1.54, 1.807) is 18.2 Å². The average molecular weight is 520 g/mol. The number of anilines is 1. The number of para-hydroxylation sites is 1. The van der Waals surface area contributed by atoms with Gasteiger partial charge in [0.1, 0.15) is 24.2 Å². The molecule has 1 atom stereocenters. The summed E-state index contributed by atoms with van der Waals surface area (Å²) in [5.41, 5.74) is 0.893. The Morgan fingerprint density at radius 3 is 2.39 bits per heavy atom. The summed E-state index contributed by atoms with van der Waals surface area (Å²) in [6.45, 7) is 4.03. The number of halogens is 2. The summed E-state index contributed by atoms with van der Waals surface area (Å²) in [7, 11) is 0. The Labute approximate surface area is 218 Å². The standard InChI is InChI=1S/C27H27F2N7O2/c1-18(2)11-16-31-27(38)25(19-12-14-30-15-13-19)36(23-6-4-3-5-22(23)29)24(37)17-35-33-26(32-34-35)20-7-9-21(28)10-8-20/h3-10,12-15,18,25H,11,16-17H2,1-2H3,(H,31,38)/t25-/m1/s1. The molecule has 0 radical (unpaired) electrons. The normalized spacial score (nSPS) is 11.8. The highest BCUT2D eigenvalue weighted by atomic mass is 19.1. The number of nitrogens with zero attached hydrogens (tertiary/aromatic N) is 6. The molecule has 11 heteroatoms. The molecule has 0 bridgehead atoms. The molecule has 0 spiro atoms. The van der Waals surface area contributed by atoms with Crippen molar-refractivity contribution in [3.63, 3.8) is 0 Å². The van der Waals surface area contributed by atoms with Gasteiger partial charge in [0, 0.05) is 24.5 Å². The smallest absolute Gasteiger partial charge is 0.251 e. The summed E-state index contributed by atoms with van der Waals surface area (Å²) >= 11 is 0. The van der Waals surface area contributed by atoms with E-state index in [0.717, 1.165) is 16.1 Å². The minimum Gasteiger partial charge on any atom is -0.354 e. The van der Waals surface area contributed by atoms with Crippen molar-refractivity contribution < 1.29 is 18.4 Å². The first-order valence-electron chi connectivity index (χ1n) is 12.1. The molecule has 1 N–H and O–H groups in total. The van der Waals surface area contributed by atoms with E-state index in [1.165, 1.54) is 54.9 Å². The van der Waals surface area contributed by atoms with Crippen LogP contribution in [-0.4, -0.2) is 43.6 Å². The molecule has 0 aliphatic heterocycles. The fraction of sp³-hybridized carbons (Fsp3) is 0.259. The third-order valence-electron chi connectivity index (χ3n) is 5.76. The SMILES string of the molecule is CC(C)CCNC(=O)[C@@H](c1ccncc1)N(C(=O)Cn1nnc(-c2ccc(F)cc2)n1)c1ccccc1F. The van der Waals surface area contributed by atoms with Crippen LogP contribution in [0.25, 0.3) is 11.4 Å². The van der Waals surface area contributed by atoms with Crippen molar-refractivity contribution >= 4 is 17.5 Å². The molecule has 2 amide bonds. The second kappa shape index (κ2) is 12.1. The second-order valence-corrected chi connectivity index (χ2v) is 9.02. The summed E-state index contributed by atoms with van der Waals surface area (Å²) in [6.07, 6.45) is 3.74. The van der Waals surface area contributed by atoms with Crippen LogP contribution in [-0.2, 0) is 16.1 Å². The van der Waals surface area contributed by atoms with Crippen LogP contribution in [0.1, 0.15) is 31.9 Å². The van der Waals surface area contributed by atoms with Crippen LogP contribution in [0.2, 0.25) is 0 Å². The highest BCUT2D eigenvalue weighted by Gasteiger charge is 2.34. The largest absolute Gasteiger partial charge is 0.354 e. The van der Waals surface area contributed by atoms with Crippen LogP contribution in [0.5, 0.6) is 0 Å². The van der Waals surface area contributed by atoms with E-state index in [4.69, 9.17) is 0 Å². The topological polar surface area (TPSA) is 106 Å². The maximum absolute atomic E-state index is 15.1. The van der Waals surface area contributed by atoms with Gasteiger partial charge in [-0.25, -0.2) is 8.78 Å². The zero-order chi connectivity index (χ0) is 27.1. The summed E-state index contributed by atoms with van der Waals surface area (Å²) in [4.78, 5) is 33.4. The van der Waals surface area contributed by atoms with Gasteiger partial charge in [0.05, 0.1) is 5.69 Å². The van der Waals surface area contributed by atoms with Crippen molar-refractivity contribution in [2.24, 2.45) is 5.92 Å². The van der Waals surface area contributed by atoms with Gasteiger partial charge in [-0.2, -0.15) is 4.80 Å². The Morgan fingerprint density at radius 1 is 1.00 bits per heavy atom. The van der Waals surface area contributed by atoms with Crippen molar-refractivity contribution in [2.45, 2.75) is 32.9 Å². The van der Waals surface area contributed by atoms with Gasteiger partial charge in [-0.1, -0.05) is 26.0 Å². The Hall–Kier alpha value is -4.54. The molecule has 0 saturated heterocycles. The Balaban J connectivity index is 1.69. The number of carbonyl (C=O) groups is 2. The lowest BCUT2D eigenvalue weighted by atomic mass is 10.0. The number of tetrazole rings is 1. The Morgan fingerprint density at radius 2 is 1.71 bits per heavy atom. The van der Waals surface area contributed by atoms with Crippen LogP contribution < -0.4 is 10.2 Å². The third kappa shape index (κ3) is 6.41. The van der Waals surface area contributed by atoms with Gasteiger partial charge in [-0.05, 0) is 71.6 Å². The maximum Gasteiger partial charge on any atom is 0.251 e. The number of benzene rings is 2. The second-order valence-electron chi connectivity index (χ2n) is 9.02. The van der Waals surface area contributed by atoms with E-state index in [9.17, 15) is 14.0 Å². The zero-order valence-corrected chi connectivity index (χ0v) is 21.0. The number of nitrogens with one attached hydrogen (secondary N) is 1. The Bertz CT molecular complexity index is 1380. The van der Waals surface area contributed by atoms with E-state index in [0.29, 0.717) is 23.6 Å². The zero-order valence-electron chi connectivity index (χ0n) is 21.0. The van der Waals surface area contributed by atoms with Crippen LogP contribution in [0.4, 0.5) is 14.5 Å². The van der Waals surface area contributed by atoms with Gasteiger partial charge in [0.2, 0.25) is 11.7 Å². The lowest BCUT2D eigenvalue weighted by Crippen LogP contribution is -2.46. The number of carbonyl (C=O) groups excluding carboxylic acids is 2. The molecule has 0 saturated carbocycles. The third-order valence-corrected chi connectivity index (χ3v) is 5.76. The predicted molar refractivity (Wildman–Crippen MR) is 137 cm³/mol. The van der Waals surface area contributed by atoms with Crippen LogP contribution in [0.3, 0.4) is 0 Å². The van der Waals surface area contributed by atoms with Gasteiger partial charge in [0.15, 0.2) is 0 Å². The lowest BCUT2D eigenvalue weighted by Gasteiger charge is -2.31. The van der Waals surface area contributed by atoms with Crippen molar-refractivity contribution in [3.8, 4) is 11.4 Å². The van der Waals surface area contributed by atoms with E-state index in [1.807, 2.05) is 13.8 Å². The molecule has 4 aromatic rings. The predicted octanol–water partition coefficient (Wildman–Crippen LogP) is 3.95. The maximum atomic E-state index is 15.1. The summed E-state index contributed by atoms with van der Waals surface area (Å²) < 4.78 is 28.4. The van der Waals surface area contributed by atoms with Crippen LogP contribution in [0, 0.1) is 17.6 Å². The van der Waals surface area contributed by atoms with Gasteiger partial charge in [0.25, 0.3) is 5.91 Å². The van der Waals surface area contributed by atoms with Crippen LogP contribution >= 0.6 is 0 Å². The summed E-state index contributed by atoms with van der Waals surface area (Å²) in [5, 5.41) is 15.0. The molecule has 0 unspecified atom stereocenters.